The molecule has 2 heterocycles. The summed E-state index contributed by atoms with van der Waals surface area (Å²) in [5.41, 5.74) is 1.36. The van der Waals surface area contributed by atoms with E-state index in [2.05, 4.69) is 0 Å². The number of allylic oxidation sites excluding steroid dienone is 6. The first-order valence-electron chi connectivity index (χ1n) is 11.9. The third-order valence-corrected chi connectivity index (χ3v) is 7.39. The summed E-state index contributed by atoms with van der Waals surface area (Å²) < 4.78 is 9.21. The lowest BCUT2D eigenvalue weighted by molar-refractivity contribution is -0.116. The van der Waals surface area contributed by atoms with Gasteiger partial charge in [0.2, 0.25) is 0 Å². The lowest BCUT2D eigenvalue weighted by Gasteiger charge is -2.39. The number of hydrogen-bond acceptors (Lipinski definition) is 6. The maximum Gasteiger partial charge on any atom is 0.352 e. The molecule has 9 nitrogen and oxygen atoms in total. The number of benzene rings is 2. The molecule has 1 N–H and O–H groups in total. The molecule has 0 saturated heterocycles. The van der Waals surface area contributed by atoms with Crippen LogP contribution in [0.15, 0.2) is 92.6 Å². The highest BCUT2D eigenvalue weighted by atomic mass is 16.5. The van der Waals surface area contributed by atoms with Crippen LogP contribution in [0.4, 0.5) is 0 Å². The predicted molar refractivity (Wildman–Crippen MR) is 134 cm³/mol. The van der Waals surface area contributed by atoms with Gasteiger partial charge in [-0.3, -0.25) is 9.59 Å². The van der Waals surface area contributed by atoms with E-state index in [0.29, 0.717) is 33.7 Å². The summed E-state index contributed by atoms with van der Waals surface area (Å²) in [4.78, 5) is 53.6. The first kappa shape index (κ1) is 22.8. The van der Waals surface area contributed by atoms with Crippen molar-refractivity contribution in [1.82, 2.24) is 13.9 Å². The first-order chi connectivity index (χ1) is 17.8. The molecule has 37 heavy (non-hydrogen) atoms. The Labute approximate surface area is 210 Å². The molecule has 1 aromatic heterocycles. The first-order valence-corrected chi connectivity index (χ1v) is 11.9. The molecule has 0 saturated carbocycles. The Bertz CT molecular complexity index is 1710. The minimum Gasteiger partial charge on any atom is -0.508 e. The molecule has 3 aliphatic rings. The molecule has 2 aromatic carbocycles. The number of ketones is 2. The summed E-state index contributed by atoms with van der Waals surface area (Å²) in [6, 6.07) is 12.7. The maximum absolute atomic E-state index is 13.7. The van der Waals surface area contributed by atoms with Crippen molar-refractivity contribution in [1.29, 1.82) is 0 Å². The van der Waals surface area contributed by atoms with Crippen LogP contribution in [0.2, 0.25) is 0 Å². The summed E-state index contributed by atoms with van der Waals surface area (Å²) in [5.74, 6) is -0.977. The van der Waals surface area contributed by atoms with Crippen LogP contribution in [0.3, 0.4) is 0 Å². The van der Waals surface area contributed by atoms with Gasteiger partial charge in [-0.1, -0.05) is 24.3 Å². The van der Waals surface area contributed by atoms with Gasteiger partial charge in [0.25, 0.3) is 0 Å². The zero-order valence-corrected chi connectivity index (χ0v) is 20.2. The van der Waals surface area contributed by atoms with E-state index in [0.717, 1.165) is 4.57 Å². The number of aromatic nitrogens is 3. The van der Waals surface area contributed by atoms with Gasteiger partial charge in [-0.05, 0) is 48.9 Å². The van der Waals surface area contributed by atoms with Gasteiger partial charge in [0.1, 0.15) is 11.5 Å². The number of phenolic OH excluding ortho intramolecular Hbond substituents is 1. The van der Waals surface area contributed by atoms with Crippen LogP contribution in [0.1, 0.15) is 30.9 Å². The minimum atomic E-state index is -0.791. The Morgan fingerprint density at radius 1 is 1.00 bits per heavy atom. The third kappa shape index (κ3) is 3.23. The second-order valence-corrected chi connectivity index (χ2v) is 9.36. The van der Waals surface area contributed by atoms with E-state index in [9.17, 15) is 24.3 Å². The lowest BCUT2D eigenvalue weighted by atomic mass is 9.68. The number of phenols is 1. The van der Waals surface area contributed by atoms with E-state index in [4.69, 9.17) is 4.74 Å². The second kappa shape index (κ2) is 8.19. The van der Waals surface area contributed by atoms with Gasteiger partial charge in [-0.15, -0.1) is 0 Å². The van der Waals surface area contributed by atoms with E-state index in [-0.39, 0.29) is 35.9 Å². The number of nitrogens with zero attached hydrogens (tertiary/aromatic N) is 3. The quantitative estimate of drug-likeness (QED) is 0.440. The van der Waals surface area contributed by atoms with Gasteiger partial charge in [0, 0.05) is 34.6 Å². The number of hydrogen-bond donors (Lipinski definition) is 1. The van der Waals surface area contributed by atoms with Crippen LogP contribution in [0.5, 0.6) is 11.5 Å². The fourth-order valence-corrected chi connectivity index (χ4v) is 5.70. The fraction of sp³-hybridized carbons (Fsp3) is 0.214. The minimum absolute atomic E-state index is 0.0668. The smallest absolute Gasteiger partial charge is 0.352 e. The van der Waals surface area contributed by atoms with Crippen LogP contribution in [0, 0.1) is 0 Å². The van der Waals surface area contributed by atoms with Crippen molar-refractivity contribution >= 4 is 11.6 Å². The Morgan fingerprint density at radius 3 is 2.49 bits per heavy atom. The molecule has 1 aliphatic heterocycles. The zero-order chi connectivity index (χ0) is 26.0. The molecular formula is C28H23N3O6. The van der Waals surface area contributed by atoms with Crippen molar-refractivity contribution in [2.45, 2.75) is 31.8 Å². The fourth-order valence-electron chi connectivity index (χ4n) is 5.70. The highest BCUT2D eigenvalue weighted by Crippen LogP contribution is 2.51. The summed E-state index contributed by atoms with van der Waals surface area (Å²) in [6.45, 7) is 1.68. The number of rotatable bonds is 3. The topological polar surface area (TPSA) is 113 Å². The Kier molecular flexibility index (Phi) is 5.04. The number of fused-ring (bicyclic) bond motifs is 3. The predicted octanol–water partition coefficient (Wildman–Crippen LogP) is 2.58. The summed E-state index contributed by atoms with van der Waals surface area (Å²) in [7, 11) is 1.50. The van der Waals surface area contributed by atoms with E-state index >= 15 is 0 Å². The molecular weight excluding hydrogens is 474 g/mol. The van der Waals surface area contributed by atoms with E-state index in [1.807, 2.05) is 6.08 Å². The van der Waals surface area contributed by atoms with Crippen molar-refractivity contribution in [3.05, 3.63) is 110 Å². The maximum atomic E-state index is 13.7. The number of carbonyl (C=O) groups is 2. The third-order valence-electron chi connectivity index (χ3n) is 7.39. The van der Waals surface area contributed by atoms with Crippen LogP contribution in [-0.4, -0.2) is 37.7 Å². The SMILES string of the molecule is COc1ccc(O)c([C@H]2C3=CCn4c(=O)n(-c5ccccc5)c(=O)n4[C@@H]3CC3=C2C(=O)C=C(C)C3=O)c1. The van der Waals surface area contributed by atoms with Gasteiger partial charge < -0.3 is 9.84 Å². The molecule has 2 atom stereocenters. The Hall–Kier alpha value is -4.66. The molecule has 9 heteroatoms. The summed E-state index contributed by atoms with van der Waals surface area (Å²) in [6.07, 6.45) is 3.22. The molecule has 0 spiro atoms. The number of carbonyl (C=O) groups excluding carboxylic acids is 2. The highest BCUT2D eigenvalue weighted by Gasteiger charge is 2.45. The number of aromatic hydroxyl groups is 1. The van der Waals surface area contributed by atoms with Crippen molar-refractivity contribution in [2.24, 2.45) is 0 Å². The Balaban J connectivity index is 1.61. The van der Waals surface area contributed by atoms with Gasteiger partial charge in [-0.25, -0.2) is 23.5 Å². The standard InChI is InChI=1S/C28H23N3O6/c1-15-12-23(33)25-20(26(15)34)14-21-18(24(25)19-13-17(37-2)8-9-22(19)32)10-11-29-27(35)30(28(36)31(21)29)16-6-4-3-5-7-16/h3-10,12-13,21,24,32H,11,14H2,1-2H3/t21-,24-/m1/s1. The average molecular weight is 498 g/mol. The van der Waals surface area contributed by atoms with E-state index in [1.165, 1.54) is 28.6 Å². The monoisotopic (exact) mass is 497 g/mol. The van der Waals surface area contributed by atoms with E-state index in [1.54, 1.807) is 49.4 Å². The van der Waals surface area contributed by atoms with Crippen molar-refractivity contribution in [3.63, 3.8) is 0 Å². The largest absolute Gasteiger partial charge is 0.508 e. The number of para-hydroxylation sites is 1. The second-order valence-electron chi connectivity index (χ2n) is 9.36. The average Bonchev–Trinajstić information content (AvgIpc) is 3.16. The number of Topliss-reactive ketones (excluding diaryl/α,β-unsaturated/α-hetero) is 1. The van der Waals surface area contributed by atoms with Gasteiger partial charge in [0.15, 0.2) is 11.6 Å². The molecule has 0 amide bonds. The summed E-state index contributed by atoms with van der Waals surface area (Å²) >= 11 is 0. The van der Waals surface area contributed by atoms with Gasteiger partial charge >= 0.3 is 11.4 Å². The molecule has 0 fully saturated rings. The zero-order valence-electron chi connectivity index (χ0n) is 20.2. The van der Waals surface area contributed by atoms with Crippen LogP contribution in [0.25, 0.3) is 5.69 Å². The molecule has 186 valence electrons. The molecule has 0 unspecified atom stereocenters. The number of ether oxygens (including phenoxy) is 1. The van der Waals surface area contributed by atoms with Crippen molar-refractivity contribution in [3.8, 4) is 17.2 Å². The molecule has 0 bridgehead atoms. The highest BCUT2D eigenvalue weighted by molar-refractivity contribution is 6.23. The van der Waals surface area contributed by atoms with E-state index < -0.39 is 23.3 Å². The van der Waals surface area contributed by atoms with Gasteiger partial charge in [-0.2, -0.15) is 0 Å². The van der Waals surface area contributed by atoms with Gasteiger partial charge in [0.05, 0.1) is 25.4 Å². The number of methoxy groups -OCH3 is 1. The normalized spacial score (nSPS) is 20.6. The molecule has 3 aromatic rings. The van der Waals surface area contributed by atoms with Crippen LogP contribution in [-0.2, 0) is 16.1 Å². The van der Waals surface area contributed by atoms with Crippen LogP contribution < -0.4 is 16.1 Å². The van der Waals surface area contributed by atoms with Crippen molar-refractivity contribution in [2.75, 3.05) is 7.11 Å². The molecule has 2 aliphatic carbocycles. The molecule has 6 rings (SSSR count). The lowest BCUT2D eigenvalue weighted by Crippen LogP contribution is -2.40. The molecule has 0 radical (unpaired) electrons. The Morgan fingerprint density at radius 2 is 1.76 bits per heavy atom. The van der Waals surface area contributed by atoms with Crippen molar-refractivity contribution < 1.29 is 19.4 Å². The summed E-state index contributed by atoms with van der Waals surface area (Å²) in [5, 5.41) is 10.9. The van der Waals surface area contributed by atoms with Crippen LogP contribution >= 0.6 is 0 Å².